The van der Waals surface area contributed by atoms with Crippen LogP contribution >= 0.6 is 0 Å². The van der Waals surface area contributed by atoms with Gasteiger partial charge in [0.2, 0.25) is 20.0 Å². The van der Waals surface area contributed by atoms with Crippen molar-refractivity contribution in [2.24, 2.45) is 0 Å². The fraction of sp³-hybridized carbons (Fsp3) is 0.409. The fourth-order valence-corrected chi connectivity index (χ4v) is 6.68. The SMILES string of the molecule is O=C(NCCS(=O)(=O)N1CCc2ccccc2C1)c1ccc(S(=O)(=O)N2CCOCC2)cc1. The van der Waals surface area contributed by atoms with Gasteiger partial charge in [-0.05, 0) is 41.8 Å². The lowest BCUT2D eigenvalue weighted by Gasteiger charge is -2.28. The quantitative estimate of drug-likeness (QED) is 0.611. The molecule has 0 atom stereocenters. The highest BCUT2D eigenvalue weighted by Crippen LogP contribution is 2.21. The molecule has 2 aromatic carbocycles. The van der Waals surface area contributed by atoms with Crippen molar-refractivity contribution in [1.82, 2.24) is 13.9 Å². The smallest absolute Gasteiger partial charge is 0.251 e. The number of carbonyl (C=O) groups excluding carboxylic acids is 1. The molecule has 0 unspecified atom stereocenters. The molecule has 4 rings (SSSR count). The minimum absolute atomic E-state index is 0.0346. The molecule has 9 nitrogen and oxygen atoms in total. The first kappa shape index (κ1) is 23.8. The van der Waals surface area contributed by atoms with Crippen LogP contribution in [0.3, 0.4) is 0 Å². The van der Waals surface area contributed by atoms with Crippen LogP contribution < -0.4 is 5.32 Å². The van der Waals surface area contributed by atoms with Gasteiger partial charge in [-0.1, -0.05) is 24.3 Å². The molecular formula is C22H27N3O6S2. The van der Waals surface area contributed by atoms with Gasteiger partial charge in [0, 0.05) is 38.3 Å². The number of ether oxygens (including phenoxy) is 1. The fourth-order valence-electron chi connectivity index (χ4n) is 3.95. The number of hydrogen-bond acceptors (Lipinski definition) is 6. The van der Waals surface area contributed by atoms with Gasteiger partial charge in [-0.3, -0.25) is 4.79 Å². The molecule has 11 heteroatoms. The number of rotatable bonds is 7. The van der Waals surface area contributed by atoms with E-state index in [-0.39, 0.29) is 22.8 Å². The average molecular weight is 494 g/mol. The number of amides is 1. The minimum atomic E-state index is -3.64. The lowest BCUT2D eigenvalue weighted by Crippen LogP contribution is -2.40. The van der Waals surface area contributed by atoms with Crippen LogP contribution in [0, 0.1) is 0 Å². The van der Waals surface area contributed by atoms with Crippen LogP contribution in [-0.4, -0.2) is 76.5 Å². The molecule has 0 aromatic heterocycles. The van der Waals surface area contributed by atoms with Gasteiger partial charge in [0.1, 0.15) is 0 Å². The molecule has 2 aromatic rings. The summed E-state index contributed by atoms with van der Waals surface area (Å²) in [6.45, 7) is 2.02. The second-order valence-corrected chi connectivity index (χ2v) is 12.0. The molecule has 2 aliphatic rings. The van der Waals surface area contributed by atoms with Crippen LogP contribution in [0.2, 0.25) is 0 Å². The minimum Gasteiger partial charge on any atom is -0.379 e. The van der Waals surface area contributed by atoms with Crippen molar-refractivity contribution >= 4 is 26.0 Å². The van der Waals surface area contributed by atoms with Crippen molar-refractivity contribution in [2.45, 2.75) is 17.9 Å². The van der Waals surface area contributed by atoms with E-state index in [4.69, 9.17) is 4.74 Å². The second-order valence-electron chi connectivity index (χ2n) is 7.97. The Bertz CT molecular complexity index is 1210. The normalized spacial score (nSPS) is 17.9. The van der Waals surface area contributed by atoms with Crippen molar-refractivity contribution in [2.75, 3.05) is 45.1 Å². The molecule has 0 aliphatic carbocycles. The summed E-state index contributed by atoms with van der Waals surface area (Å²) in [7, 11) is -7.16. The van der Waals surface area contributed by atoms with Gasteiger partial charge in [0.25, 0.3) is 5.91 Å². The van der Waals surface area contributed by atoms with Gasteiger partial charge in [0.05, 0.1) is 23.9 Å². The van der Waals surface area contributed by atoms with E-state index in [1.807, 2.05) is 24.3 Å². The summed E-state index contributed by atoms with van der Waals surface area (Å²) in [4.78, 5) is 12.5. The Morgan fingerprint density at radius 2 is 1.55 bits per heavy atom. The van der Waals surface area contributed by atoms with Crippen LogP contribution in [0.25, 0.3) is 0 Å². The van der Waals surface area contributed by atoms with E-state index in [0.717, 1.165) is 11.1 Å². The number of fused-ring (bicyclic) bond motifs is 1. The van der Waals surface area contributed by atoms with E-state index < -0.39 is 26.0 Å². The van der Waals surface area contributed by atoms with Gasteiger partial charge in [-0.2, -0.15) is 8.61 Å². The number of morpholine rings is 1. The van der Waals surface area contributed by atoms with Crippen molar-refractivity contribution in [1.29, 1.82) is 0 Å². The zero-order chi connectivity index (χ0) is 23.5. The highest BCUT2D eigenvalue weighted by Gasteiger charge is 2.27. The number of benzene rings is 2. The number of sulfonamides is 2. The summed E-state index contributed by atoms with van der Waals surface area (Å²) in [5.74, 6) is -0.658. The summed E-state index contributed by atoms with van der Waals surface area (Å²) in [6, 6.07) is 13.4. The molecular weight excluding hydrogens is 466 g/mol. The lowest BCUT2D eigenvalue weighted by molar-refractivity contribution is 0.0730. The van der Waals surface area contributed by atoms with Crippen molar-refractivity contribution in [3.05, 3.63) is 65.2 Å². The summed E-state index contributed by atoms with van der Waals surface area (Å²) < 4.78 is 58.8. The first-order valence-corrected chi connectivity index (χ1v) is 13.8. The van der Waals surface area contributed by atoms with E-state index in [0.29, 0.717) is 45.8 Å². The highest BCUT2D eigenvalue weighted by atomic mass is 32.2. The number of nitrogens with zero attached hydrogens (tertiary/aromatic N) is 2. The second kappa shape index (κ2) is 9.90. The molecule has 0 saturated carbocycles. The first-order chi connectivity index (χ1) is 15.8. The van der Waals surface area contributed by atoms with Crippen LogP contribution in [0.1, 0.15) is 21.5 Å². The molecule has 178 valence electrons. The molecule has 0 spiro atoms. The largest absolute Gasteiger partial charge is 0.379 e. The summed E-state index contributed by atoms with van der Waals surface area (Å²) in [6.07, 6.45) is 0.668. The average Bonchev–Trinajstić information content (AvgIpc) is 2.84. The third-order valence-corrected chi connectivity index (χ3v) is 9.59. The summed E-state index contributed by atoms with van der Waals surface area (Å²) >= 11 is 0. The first-order valence-electron chi connectivity index (χ1n) is 10.8. The maximum atomic E-state index is 12.7. The van der Waals surface area contributed by atoms with E-state index in [1.54, 1.807) is 0 Å². The zero-order valence-corrected chi connectivity index (χ0v) is 19.8. The van der Waals surface area contributed by atoms with Gasteiger partial charge >= 0.3 is 0 Å². The van der Waals surface area contributed by atoms with E-state index in [2.05, 4.69) is 5.32 Å². The predicted octanol–water partition coefficient (Wildman–Crippen LogP) is 0.825. The molecule has 1 amide bonds. The van der Waals surface area contributed by atoms with E-state index in [1.165, 1.54) is 32.9 Å². The van der Waals surface area contributed by atoms with Crippen molar-refractivity contribution in [3.8, 4) is 0 Å². The van der Waals surface area contributed by atoms with Crippen LogP contribution in [-0.2, 0) is 37.7 Å². The number of nitrogens with one attached hydrogen (secondary N) is 1. The topological polar surface area (TPSA) is 113 Å². The third-order valence-electron chi connectivity index (χ3n) is 5.86. The Morgan fingerprint density at radius 3 is 2.24 bits per heavy atom. The van der Waals surface area contributed by atoms with Gasteiger partial charge < -0.3 is 10.1 Å². The monoisotopic (exact) mass is 493 g/mol. The van der Waals surface area contributed by atoms with Crippen LogP contribution in [0.4, 0.5) is 0 Å². The van der Waals surface area contributed by atoms with Gasteiger partial charge in [-0.15, -0.1) is 0 Å². The molecule has 0 radical (unpaired) electrons. The van der Waals surface area contributed by atoms with Crippen LogP contribution in [0.5, 0.6) is 0 Å². The Labute approximate surface area is 194 Å². The van der Waals surface area contributed by atoms with Crippen molar-refractivity contribution in [3.63, 3.8) is 0 Å². The van der Waals surface area contributed by atoms with Gasteiger partial charge in [0.15, 0.2) is 0 Å². The molecule has 1 N–H and O–H groups in total. The summed E-state index contributed by atoms with van der Waals surface area (Å²) in [5.41, 5.74) is 2.43. The van der Waals surface area contributed by atoms with E-state index >= 15 is 0 Å². The van der Waals surface area contributed by atoms with E-state index in [9.17, 15) is 21.6 Å². The molecule has 1 fully saturated rings. The molecule has 0 bridgehead atoms. The highest BCUT2D eigenvalue weighted by molar-refractivity contribution is 7.89. The third kappa shape index (κ3) is 5.44. The molecule has 2 aliphatic heterocycles. The van der Waals surface area contributed by atoms with Crippen LogP contribution in [0.15, 0.2) is 53.4 Å². The molecule has 33 heavy (non-hydrogen) atoms. The zero-order valence-electron chi connectivity index (χ0n) is 18.1. The van der Waals surface area contributed by atoms with Gasteiger partial charge in [-0.25, -0.2) is 16.8 Å². The Balaban J connectivity index is 1.32. The molecule has 1 saturated heterocycles. The number of hydrogen-bond donors (Lipinski definition) is 1. The lowest BCUT2D eigenvalue weighted by atomic mass is 10.0. The number of carbonyl (C=O) groups is 1. The maximum absolute atomic E-state index is 12.7. The predicted molar refractivity (Wildman–Crippen MR) is 123 cm³/mol. The standard InChI is InChI=1S/C22H27N3O6S2/c26-22(19-5-7-21(8-6-19)33(29,30)24-12-14-31-15-13-24)23-10-16-32(27,28)25-11-9-18-3-1-2-4-20(18)17-25/h1-8H,9-17H2,(H,23,26). The maximum Gasteiger partial charge on any atom is 0.251 e. The molecule has 2 heterocycles. The Kier molecular flexibility index (Phi) is 7.15. The Morgan fingerprint density at radius 1 is 0.879 bits per heavy atom. The van der Waals surface area contributed by atoms with Crippen molar-refractivity contribution < 1.29 is 26.4 Å². The summed E-state index contributed by atoms with van der Waals surface area (Å²) in [5, 5.41) is 2.61. The Hall–Kier alpha value is -2.31.